The molecule has 4 rings (SSSR count). The van der Waals surface area contributed by atoms with Crippen LogP contribution in [0.25, 0.3) is 5.69 Å². The predicted octanol–water partition coefficient (Wildman–Crippen LogP) is 3.50. The number of amides is 1. The number of nitrogens with zero attached hydrogens (tertiary/aromatic N) is 4. The van der Waals surface area contributed by atoms with Crippen LogP contribution in [0.1, 0.15) is 10.4 Å². The van der Waals surface area contributed by atoms with Crippen LogP contribution < -0.4 is 10.5 Å². The average Bonchev–Trinajstić information content (AvgIpc) is 2.74. The van der Waals surface area contributed by atoms with Gasteiger partial charge in [0.05, 0.1) is 5.69 Å². The van der Waals surface area contributed by atoms with E-state index in [4.69, 9.17) is 23.2 Å². The third kappa shape index (κ3) is 4.28. The van der Waals surface area contributed by atoms with Gasteiger partial charge in [0.25, 0.3) is 11.5 Å². The molecule has 0 atom stereocenters. The van der Waals surface area contributed by atoms with E-state index in [1.54, 1.807) is 59.5 Å². The van der Waals surface area contributed by atoms with Crippen molar-refractivity contribution in [1.82, 2.24) is 14.7 Å². The summed E-state index contributed by atoms with van der Waals surface area (Å²) in [5.41, 5.74) is 0.962. The lowest BCUT2D eigenvalue weighted by Gasteiger charge is -2.35. The van der Waals surface area contributed by atoms with Crippen molar-refractivity contribution < 1.29 is 4.79 Å². The van der Waals surface area contributed by atoms with Gasteiger partial charge in [-0.05, 0) is 42.5 Å². The van der Waals surface area contributed by atoms with Gasteiger partial charge in [0, 0.05) is 47.9 Å². The van der Waals surface area contributed by atoms with Crippen LogP contribution in [0, 0.1) is 0 Å². The van der Waals surface area contributed by atoms with E-state index in [9.17, 15) is 9.59 Å². The van der Waals surface area contributed by atoms with Gasteiger partial charge in [-0.2, -0.15) is 4.68 Å². The lowest BCUT2D eigenvalue weighted by Crippen LogP contribution is -2.49. The normalized spacial score (nSPS) is 14.1. The summed E-state index contributed by atoms with van der Waals surface area (Å²) in [5, 5.41) is 5.58. The first-order chi connectivity index (χ1) is 14.0. The highest BCUT2D eigenvalue weighted by atomic mass is 35.5. The number of hydrogen-bond acceptors (Lipinski definition) is 4. The second-order valence-electron chi connectivity index (χ2n) is 6.71. The monoisotopic (exact) mass is 428 g/mol. The Morgan fingerprint density at radius 1 is 0.862 bits per heavy atom. The van der Waals surface area contributed by atoms with Crippen molar-refractivity contribution in [3.05, 3.63) is 86.6 Å². The van der Waals surface area contributed by atoms with E-state index in [0.29, 0.717) is 53.3 Å². The van der Waals surface area contributed by atoms with Crippen molar-refractivity contribution in [3.8, 4) is 5.69 Å². The highest BCUT2D eigenvalue weighted by Gasteiger charge is 2.23. The van der Waals surface area contributed by atoms with Crippen LogP contribution in [0.4, 0.5) is 5.82 Å². The van der Waals surface area contributed by atoms with Crippen molar-refractivity contribution >= 4 is 34.9 Å². The molecule has 0 spiro atoms. The Labute approximate surface area is 177 Å². The minimum absolute atomic E-state index is 0.0380. The molecule has 1 amide bonds. The number of aromatic nitrogens is 2. The average molecular weight is 429 g/mol. The smallest absolute Gasteiger partial charge is 0.271 e. The zero-order chi connectivity index (χ0) is 20.4. The topological polar surface area (TPSA) is 58.4 Å². The molecule has 1 aromatic heterocycles. The van der Waals surface area contributed by atoms with Crippen molar-refractivity contribution in [2.75, 3.05) is 31.1 Å². The molecule has 0 radical (unpaired) electrons. The summed E-state index contributed by atoms with van der Waals surface area (Å²) in [7, 11) is 0. The van der Waals surface area contributed by atoms with E-state index in [1.807, 2.05) is 0 Å². The van der Waals surface area contributed by atoms with Gasteiger partial charge in [-0.1, -0.05) is 35.3 Å². The number of benzene rings is 2. The molecule has 2 aromatic carbocycles. The molecule has 1 fully saturated rings. The second-order valence-corrected chi connectivity index (χ2v) is 7.58. The fourth-order valence-electron chi connectivity index (χ4n) is 3.31. The number of carbonyl (C=O) groups is 1. The molecule has 1 aliphatic rings. The highest BCUT2D eigenvalue weighted by molar-refractivity contribution is 6.31. The number of halogens is 2. The Hall–Kier alpha value is -2.83. The number of hydrogen-bond donors (Lipinski definition) is 0. The Kier molecular flexibility index (Phi) is 5.56. The summed E-state index contributed by atoms with van der Waals surface area (Å²) in [6.45, 7) is 2.35. The molecule has 148 valence electrons. The standard InChI is InChI=1S/C21H18Cl2N4O2/c22-16-4-1-3-15(13-16)21(29)26-11-9-25(10-12-26)19-7-8-20(28)27(24-19)18-6-2-5-17(23)14-18/h1-8,13-14H,9-12H2. The SMILES string of the molecule is O=C(c1cccc(Cl)c1)N1CCN(c2ccc(=O)n(-c3cccc(Cl)c3)n2)CC1. The number of rotatable bonds is 3. The van der Waals surface area contributed by atoms with E-state index < -0.39 is 0 Å². The van der Waals surface area contributed by atoms with Crippen LogP contribution in [0.3, 0.4) is 0 Å². The van der Waals surface area contributed by atoms with Gasteiger partial charge in [0.1, 0.15) is 5.82 Å². The first-order valence-electron chi connectivity index (χ1n) is 9.17. The molecule has 0 N–H and O–H groups in total. The molecular formula is C21H18Cl2N4O2. The summed E-state index contributed by atoms with van der Waals surface area (Å²) in [4.78, 5) is 28.8. The van der Waals surface area contributed by atoms with Gasteiger partial charge in [0.15, 0.2) is 0 Å². The summed E-state index contributed by atoms with van der Waals surface area (Å²) < 4.78 is 1.34. The molecule has 8 heteroatoms. The van der Waals surface area contributed by atoms with Crippen molar-refractivity contribution in [2.45, 2.75) is 0 Å². The first kappa shape index (κ1) is 19.5. The van der Waals surface area contributed by atoms with E-state index in [2.05, 4.69) is 10.00 Å². The maximum Gasteiger partial charge on any atom is 0.271 e. The zero-order valence-electron chi connectivity index (χ0n) is 15.5. The fraction of sp³-hybridized carbons (Fsp3) is 0.190. The molecule has 1 aliphatic heterocycles. The Morgan fingerprint density at radius 2 is 1.55 bits per heavy atom. The van der Waals surface area contributed by atoms with Crippen molar-refractivity contribution in [3.63, 3.8) is 0 Å². The van der Waals surface area contributed by atoms with Gasteiger partial charge in [0.2, 0.25) is 0 Å². The minimum Gasteiger partial charge on any atom is -0.352 e. The molecule has 6 nitrogen and oxygen atoms in total. The summed E-state index contributed by atoms with van der Waals surface area (Å²) in [5.74, 6) is 0.642. The molecule has 0 bridgehead atoms. The third-order valence-electron chi connectivity index (χ3n) is 4.80. The zero-order valence-corrected chi connectivity index (χ0v) is 17.0. The van der Waals surface area contributed by atoms with Gasteiger partial charge in [-0.25, -0.2) is 0 Å². The molecule has 0 aliphatic carbocycles. The molecule has 0 unspecified atom stereocenters. The van der Waals surface area contributed by atoms with Gasteiger partial charge >= 0.3 is 0 Å². The minimum atomic E-state index is -0.231. The lowest BCUT2D eigenvalue weighted by atomic mass is 10.2. The van der Waals surface area contributed by atoms with Crippen molar-refractivity contribution in [2.24, 2.45) is 0 Å². The number of anilines is 1. The van der Waals surface area contributed by atoms with E-state index in [0.717, 1.165) is 0 Å². The summed E-state index contributed by atoms with van der Waals surface area (Å²) in [6, 6.07) is 17.2. The van der Waals surface area contributed by atoms with E-state index >= 15 is 0 Å². The highest BCUT2D eigenvalue weighted by Crippen LogP contribution is 2.18. The molecule has 29 heavy (non-hydrogen) atoms. The number of piperazine rings is 1. The Balaban J connectivity index is 1.50. The Bertz CT molecular complexity index is 1110. The predicted molar refractivity (Wildman–Crippen MR) is 114 cm³/mol. The van der Waals surface area contributed by atoms with Gasteiger partial charge in [-0.3, -0.25) is 9.59 Å². The maximum atomic E-state index is 12.7. The second kappa shape index (κ2) is 8.27. The lowest BCUT2D eigenvalue weighted by molar-refractivity contribution is 0.0746. The quantitative estimate of drug-likeness (QED) is 0.640. The largest absolute Gasteiger partial charge is 0.352 e. The van der Waals surface area contributed by atoms with Crippen LogP contribution in [-0.2, 0) is 0 Å². The molecule has 3 aromatic rings. The van der Waals surface area contributed by atoms with Crippen LogP contribution >= 0.6 is 23.2 Å². The maximum absolute atomic E-state index is 12.7. The van der Waals surface area contributed by atoms with E-state index in [1.165, 1.54) is 10.7 Å². The molecular weight excluding hydrogens is 411 g/mol. The van der Waals surface area contributed by atoms with Crippen LogP contribution in [0.2, 0.25) is 10.0 Å². The van der Waals surface area contributed by atoms with Gasteiger partial charge < -0.3 is 9.80 Å². The van der Waals surface area contributed by atoms with Crippen LogP contribution in [-0.4, -0.2) is 46.8 Å². The van der Waals surface area contributed by atoms with Crippen LogP contribution in [0.15, 0.2) is 65.5 Å². The number of carbonyl (C=O) groups excluding carboxylic acids is 1. The van der Waals surface area contributed by atoms with Crippen molar-refractivity contribution in [1.29, 1.82) is 0 Å². The van der Waals surface area contributed by atoms with Crippen LogP contribution in [0.5, 0.6) is 0 Å². The fourth-order valence-corrected chi connectivity index (χ4v) is 3.68. The molecule has 1 saturated heterocycles. The van der Waals surface area contributed by atoms with Gasteiger partial charge in [-0.15, -0.1) is 5.10 Å². The summed E-state index contributed by atoms with van der Waals surface area (Å²) >= 11 is 12.0. The molecule has 2 heterocycles. The third-order valence-corrected chi connectivity index (χ3v) is 5.27. The van der Waals surface area contributed by atoms with E-state index in [-0.39, 0.29) is 11.5 Å². The molecule has 0 saturated carbocycles. The first-order valence-corrected chi connectivity index (χ1v) is 9.93. The Morgan fingerprint density at radius 3 is 2.24 bits per heavy atom. The summed E-state index contributed by atoms with van der Waals surface area (Å²) in [6.07, 6.45) is 0.